The molecular formula is C8H10ClNO2S. The number of carbonyl (C=O) groups excluding carboxylic acids is 1. The molecule has 1 rings (SSSR count). The molecule has 5 heteroatoms. The minimum atomic E-state index is -0.390. The lowest BCUT2D eigenvalue weighted by atomic mass is 10.2. The summed E-state index contributed by atoms with van der Waals surface area (Å²) >= 11 is 7.22. The van der Waals surface area contributed by atoms with E-state index in [0.29, 0.717) is 22.9 Å². The van der Waals surface area contributed by atoms with Crippen molar-refractivity contribution < 1.29 is 9.53 Å². The van der Waals surface area contributed by atoms with Gasteiger partial charge in [-0.1, -0.05) is 11.6 Å². The Kier molecular flexibility index (Phi) is 3.71. The molecule has 0 amide bonds. The highest BCUT2D eigenvalue weighted by Gasteiger charge is 2.15. The largest absolute Gasteiger partial charge is 0.465 e. The third-order valence-corrected chi connectivity index (χ3v) is 3.14. The molecule has 0 radical (unpaired) electrons. The monoisotopic (exact) mass is 219 g/mol. The van der Waals surface area contributed by atoms with E-state index in [2.05, 4.69) is 4.74 Å². The summed E-state index contributed by atoms with van der Waals surface area (Å²) < 4.78 is 4.56. The van der Waals surface area contributed by atoms with Crippen molar-refractivity contribution in [2.24, 2.45) is 5.73 Å². The zero-order chi connectivity index (χ0) is 9.84. The molecule has 3 nitrogen and oxygen atoms in total. The molecule has 1 aromatic rings. The number of rotatable bonds is 3. The zero-order valence-corrected chi connectivity index (χ0v) is 8.74. The van der Waals surface area contributed by atoms with Crippen molar-refractivity contribution in [3.8, 4) is 0 Å². The molecule has 0 unspecified atom stereocenters. The summed E-state index contributed by atoms with van der Waals surface area (Å²) in [6, 6.07) is 0. The molecule has 0 aliphatic heterocycles. The van der Waals surface area contributed by atoms with Gasteiger partial charge in [-0.15, -0.1) is 11.3 Å². The molecule has 72 valence electrons. The van der Waals surface area contributed by atoms with Gasteiger partial charge in [-0.3, -0.25) is 0 Å². The van der Waals surface area contributed by atoms with Crippen LogP contribution in [0.25, 0.3) is 0 Å². The van der Waals surface area contributed by atoms with Crippen LogP contribution < -0.4 is 5.73 Å². The van der Waals surface area contributed by atoms with Crippen LogP contribution in [0.4, 0.5) is 0 Å². The number of hydrogen-bond acceptors (Lipinski definition) is 4. The van der Waals surface area contributed by atoms with E-state index in [0.717, 1.165) is 5.56 Å². The molecule has 13 heavy (non-hydrogen) atoms. The lowest BCUT2D eigenvalue weighted by Gasteiger charge is -1.97. The van der Waals surface area contributed by atoms with Crippen LogP contribution in [0.15, 0.2) is 5.38 Å². The lowest BCUT2D eigenvalue weighted by Crippen LogP contribution is -2.03. The predicted molar refractivity (Wildman–Crippen MR) is 53.4 cm³/mol. The van der Waals surface area contributed by atoms with Crippen molar-refractivity contribution in [2.75, 3.05) is 13.7 Å². The van der Waals surface area contributed by atoms with Gasteiger partial charge in [0.25, 0.3) is 0 Å². The molecule has 0 bridgehead atoms. The summed E-state index contributed by atoms with van der Waals surface area (Å²) in [7, 11) is 1.33. The lowest BCUT2D eigenvalue weighted by molar-refractivity contribution is 0.0606. The molecular weight excluding hydrogens is 210 g/mol. The van der Waals surface area contributed by atoms with Gasteiger partial charge in [0, 0.05) is 0 Å². The molecule has 1 heterocycles. The second kappa shape index (κ2) is 4.60. The summed E-state index contributed by atoms with van der Waals surface area (Å²) in [5, 5.41) is 2.31. The smallest absolute Gasteiger partial charge is 0.349 e. The van der Waals surface area contributed by atoms with Crippen LogP contribution in [-0.2, 0) is 11.2 Å². The molecule has 1 aromatic heterocycles. The summed E-state index contributed by atoms with van der Waals surface area (Å²) in [6.45, 7) is 0.525. The van der Waals surface area contributed by atoms with Crippen LogP contribution in [0.1, 0.15) is 15.2 Å². The van der Waals surface area contributed by atoms with Crippen LogP contribution in [0.5, 0.6) is 0 Å². The van der Waals surface area contributed by atoms with E-state index in [-0.39, 0.29) is 0 Å². The summed E-state index contributed by atoms with van der Waals surface area (Å²) in [5.41, 5.74) is 6.29. The van der Waals surface area contributed by atoms with E-state index in [9.17, 15) is 4.79 Å². The highest BCUT2D eigenvalue weighted by molar-refractivity contribution is 7.12. The number of hydrogen-bond donors (Lipinski definition) is 1. The maximum Gasteiger partial charge on any atom is 0.349 e. The van der Waals surface area contributed by atoms with E-state index < -0.39 is 5.97 Å². The standard InChI is InChI=1S/C8H10ClNO2S/c1-12-8(11)7-6(9)5(2-3-10)4-13-7/h4H,2-3,10H2,1H3. The van der Waals surface area contributed by atoms with Gasteiger partial charge in [-0.25, -0.2) is 4.79 Å². The van der Waals surface area contributed by atoms with Crippen LogP contribution in [0.3, 0.4) is 0 Å². The maximum atomic E-state index is 11.1. The maximum absolute atomic E-state index is 11.1. The fraction of sp³-hybridized carbons (Fsp3) is 0.375. The average molecular weight is 220 g/mol. The zero-order valence-electron chi connectivity index (χ0n) is 7.17. The van der Waals surface area contributed by atoms with E-state index in [4.69, 9.17) is 17.3 Å². The third kappa shape index (κ3) is 2.21. The minimum absolute atomic E-state index is 0.390. The average Bonchev–Trinajstić information content (AvgIpc) is 2.48. The summed E-state index contributed by atoms with van der Waals surface area (Å²) in [4.78, 5) is 11.6. The Morgan fingerprint density at radius 2 is 2.46 bits per heavy atom. The van der Waals surface area contributed by atoms with Crippen LogP contribution >= 0.6 is 22.9 Å². The predicted octanol–water partition coefficient (Wildman–Crippen LogP) is 1.69. The number of nitrogens with two attached hydrogens (primary N) is 1. The van der Waals surface area contributed by atoms with Gasteiger partial charge in [-0.2, -0.15) is 0 Å². The van der Waals surface area contributed by atoms with Crippen molar-refractivity contribution in [2.45, 2.75) is 6.42 Å². The van der Waals surface area contributed by atoms with E-state index in [1.807, 2.05) is 5.38 Å². The Labute approximate surface area is 85.4 Å². The van der Waals surface area contributed by atoms with Gasteiger partial charge >= 0.3 is 5.97 Å². The minimum Gasteiger partial charge on any atom is -0.465 e. The Morgan fingerprint density at radius 1 is 1.77 bits per heavy atom. The van der Waals surface area contributed by atoms with Gasteiger partial charge in [0.2, 0.25) is 0 Å². The molecule has 0 saturated carbocycles. The van der Waals surface area contributed by atoms with Crippen LogP contribution in [0, 0.1) is 0 Å². The summed E-state index contributed by atoms with van der Waals surface area (Å²) in [5.74, 6) is -0.390. The molecule has 0 aliphatic carbocycles. The number of halogens is 1. The van der Waals surface area contributed by atoms with Gasteiger partial charge in [0.15, 0.2) is 0 Å². The van der Waals surface area contributed by atoms with E-state index >= 15 is 0 Å². The number of methoxy groups -OCH3 is 1. The van der Waals surface area contributed by atoms with Gasteiger partial charge in [-0.05, 0) is 23.9 Å². The summed E-state index contributed by atoms with van der Waals surface area (Å²) in [6.07, 6.45) is 0.687. The number of ether oxygens (including phenoxy) is 1. The Hall–Kier alpha value is -0.580. The van der Waals surface area contributed by atoms with Crippen molar-refractivity contribution in [3.05, 3.63) is 20.8 Å². The normalized spacial score (nSPS) is 10.1. The number of carbonyl (C=O) groups is 1. The topological polar surface area (TPSA) is 52.3 Å². The fourth-order valence-electron chi connectivity index (χ4n) is 0.934. The number of thiophene rings is 1. The SMILES string of the molecule is COC(=O)c1scc(CCN)c1Cl. The highest BCUT2D eigenvalue weighted by Crippen LogP contribution is 2.28. The van der Waals surface area contributed by atoms with E-state index in [1.54, 1.807) is 0 Å². The van der Waals surface area contributed by atoms with Crippen molar-refractivity contribution in [3.63, 3.8) is 0 Å². The van der Waals surface area contributed by atoms with Crippen molar-refractivity contribution in [1.29, 1.82) is 0 Å². The fourth-order valence-corrected chi connectivity index (χ4v) is 2.27. The molecule has 0 aromatic carbocycles. The molecule has 0 fully saturated rings. The molecule has 0 saturated heterocycles. The first kappa shape index (κ1) is 10.5. The molecule has 0 spiro atoms. The molecule has 0 atom stereocenters. The van der Waals surface area contributed by atoms with Crippen LogP contribution in [0.2, 0.25) is 5.02 Å². The van der Waals surface area contributed by atoms with Gasteiger partial charge in [0.1, 0.15) is 4.88 Å². The second-order valence-electron chi connectivity index (χ2n) is 2.43. The van der Waals surface area contributed by atoms with E-state index in [1.165, 1.54) is 18.4 Å². The quantitative estimate of drug-likeness (QED) is 0.788. The Balaban J connectivity index is 2.92. The highest BCUT2D eigenvalue weighted by atomic mass is 35.5. The van der Waals surface area contributed by atoms with Gasteiger partial charge in [0.05, 0.1) is 12.1 Å². The second-order valence-corrected chi connectivity index (χ2v) is 3.69. The molecule has 0 aliphatic rings. The first-order valence-electron chi connectivity index (χ1n) is 3.75. The number of esters is 1. The molecule has 2 N–H and O–H groups in total. The first-order chi connectivity index (χ1) is 6.20. The first-order valence-corrected chi connectivity index (χ1v) is 5.00. The van der Waals surface area contributed by atoms with Crippen molar-refractivity contribution in [1.82, 2.24) is 0 Å². The Morgan fingerprint density at radius 3 is 3.00 bits per heavy atom. The van der Waals surface area contributed by atoms with Crippen molar-refractivity contribution >= 4 is 28.9 Å². The van der Waals surface area contributed by atoms with Gasteiger partial charge < -0.3 is 10.5 Å². The third-order valence-electron chi connectivity index (χ3n) is 1.58. The Bertz CT molecular complexity index is 311. The van der Waals surface area contributed by atoms with Crippen LogP contribution in [-0.4, -0.2) is 19.6 Å².